The minimum atomic E-state index is -0.507. The number of aromatic nitrogens is 2. The number of anilines is 1. The number of nitrogens with zero attached hydrogens (tertiary/aromatic N) is 2. The van der Waals surface area contributed by atoms with E-state index in [9.17, 15) is 9.18 Å². The molecule has 0 bridgehead atoms. The summed E-state index contributed by atoms with van der Waals surface area (Å²) in [6, 6.07) is 5.72. The van der Waals surface area contributed by atoms with Gasteiger partial charge in [0.15, 0.2) is 0 Å². The number of nitrogens with one attached hydrogen (secondary N) is 1. The molecule has 0 aliphatic carbocycles. The van der Waals surface area contributed by atoms with E-state index in [1.165, 1.54) is 25.3 Å². The highest BCUT2D eigenvalue weighted by molar-refractivity contribution is 5.95. The van der Waals surface area contributed by atoms with E-state index in [1.807, 2.05) is 13.1 Å². The van der Waals surface area contributed by atoms with Crippen molar-refractivity contribution in [3.63, 3.8) is 0 Å². The van der Waals surface area contributed by atoms with Gasteiger partial charge in [0.05, 0.1) is 30.6 Å². The number of carbonyl (C=O) groups excluding carboxylic acids is 1. The molecular weight excluding hydrogens is 249 g/mol. The Bertz CT molecular complexity index is 595. The Balaban J connectivity index is 2.21. The minimum absolute atomic E-state index is 0.297. The lowest BCUT2D eigenvalue weighted by Crippen LogP contribution is -2.10. The molecule has 0 amide bonds. The van der Waals surface area contributed by atoms with E-state index in [4.69, 9.17) is 0 Å². The van der Waals surface area contributed by atoms with Crippen LogP contribution in [0, 0.1) is 5.82 Å². The van der Waals surface area contributed by atoms with Gasteiger partial charge in [0.1, 0.15) is 5.82 Å². The molecule has 1 aromatic heterocycles. The maximum Gasteiger partial charge on any atom is 0.339 e. The third kappa shape index (κ3) is 2.90. The molecule has 0 fully saturated rings. The number of hydrogen-bond acceptors (Lipinski definition) is 4. The normalized spacial score (nSPS) is 10.3. The monoisotopic (exact) mass is 263 g/mol. The van der Waals surface area contributed by atoms with Crippen molar-refractivity contribution < 1.29 is 13.9 Å². The van der Waals surface area contributed by atoms with Crippen molar-refractivity contribution in [1.82, 2.24) is 9.78 Å². The summed E-state index contributed by atoms with van der Waals surface area (Å²) in [5.41, 5.74) is 1.61. The van der Waals surface area contributed by atoms with Crippen molar-refractivity contribution in [2.24, 2.45) is 7.05 Å². The van der Waals surface area contributed by atoms with Gasteiger partial charge in [-0.1, -0.05) is 0 Å². The molecule has 6 heteroatoms. The Kier molecular flexibility index (Phi) is 3.79. The Morgan fingerprint density at radius 1 is 1.47 bits per heavy atom. The van der Waals surface area contributed by atoms with Gasteiger partial charge in [0.2, 0.25) is 0 Å². The third-order valence-corrected chi connectivity index (χ3v) is 2.77. The summed E-state index contributed by atoms with van der Waals surface area (Å²) in [6.45, 7) is 0.434. The summed E-state index contributed by atoms with van der Waals surface area (Å²) in [4.78, 5) is 11.6. The van der Waals surface area contributed by atoms with E-state index >= 15 is 0 Å². The Labute approximate surface area is 110 Å². The lowest BCUT2D eigenvalue weighted by molar-refractivity contribution is 0.0602. The maximum atomic E-state index is 13.2. The fourth-order valence-corrected chi connectivity index (χ4v) is 1.71. The van der Waals surface area contributed by atoms with E-state index in [1.54, 1.807) is 10.9 Å². The van der Waals surface area contributed by atoms with Crippen molar-refractivity contribution in [3.8, 4) is 0 Å². The predicted octanol–water partition coefficient (Wildman–Crippen LogP) is 1.96. The molecule has 0 radical (unpaired) electrons. The van der Waals surface area contributed by atoms with Crippen LogP contribution in [0.4, 0.5) is 10.1 Å². The van der Waals surface area contributed by atoms with Crippen LogP contribution in [0.1, 0.15) is 16.1 Å². The fraction of sp³-hybridized carbons (Fsp3) is 0.231. The molecule has 100 valence electrons. The molecule has 2 rings (SSSR count). The van der Waals surface area contributed by atoms with Gasteiger partial charge in [-0.3, -0.25) is 4.68 Å². The largest absolute Gasteiger partial charge is 0.465 e. The number of esters is 1. The van der Waals surface area contributed by atoms with Gasteiger partial charge in [0, 0.05) is 13.2 Å². The number of halogens is 1. The molecule has 0 spiro atoms. The minimum Gasteiger partial charge on any atom is -0.465 e. The number of hydrogen-bond donors (Lipinski definition) is 1. The molecule has 0 atom stereocenters. The van der Waals surface area contributed by atoms with Gasteiger partial charge < -0.3 is 10.1 Å². The Morgan fingerprint density at radius 3 is 2.89 bits per heavy atom. The predicted molar refractivity (Wildman–Crippen MR) is 68.3 cm³/mol. The second-order valence-corrected chi connectivity index (χ2v) is 3.98. The number of rotatable bonds is 4. The van der Waals surface area contributed by atoms with E-state index in [-0.39, 0.29) is 0 Å². The van der Waals surface area contributed by atoms with E-state index < -0.39 is 11.8 Å². The molecule has 0 saturated carbocycles. The Morgan fingerprint density at radius 2 is 2.26 bits per heavy atom. The molecule has 0 aliphatic rings. The van der Waals surface area contributed by atoms with E-state index in [0.29, 0.717) is 17.8 Å². The van der Waals surface area contributed by atoms with E-state index in [2.05, 4.69) is 15.2 Å². The SMILES string of the molecule is COC(=O)c1ccc(F)cc1NCc1ccnn1C. The lowest BCUT2D eigenvalue weighted by atomic mass is 10.1. The second-order valence-electron chi connectivity index (χ2n) is 3.98. The summed E-state index contributed by atoms with van der Waals surface area (Å²) in [5.74, 6) is -0.923. The van der Waals surface area contributed by atoms with Crippen LogP contribution in [0.5, 0.6) is 0 Å². The van der Waals surface area contributed by atoms with Gasteiger partial charge in [0.25, 0.3) is 0 Å². The summed E-state index contributed by atoms with van der Waals surface area (Å²) >= 11 is 0. The highest BCUT2D eigenvalue weighted by Crippen LogP contribution is 2.19. The molecule has 0 aliphatic heterocycles. The quantitative estimate of drug-likeness (QED) is 0.857. The van der Waals surface area contributed by atoms with Crippen LogP contribution in [0.3, 0.4) is 0 Å². The highest BCUT2D eigenvalue weighted by Gasteiger charge is 2.12. The lowest BCUT2D eigenvalue weighted by Gasteiger charge is -2.11. The number of carbonyl (C=O) groups is 1. The van der Waals surface area contributed by atoms with Gasteiger partial charge in [-0.25, -0.2) is 9.18 Å². The molecule has 19 heavy (non-hydrogen) atoms. The van der Waals surface area contributed by atoms with Gasteiger partial charge in [-0.2, -0.15) is 5.10 Å². The Hall–Kier alpha value is -2.37. The average Bonchev–Trinajstić information content (AvgIpc) is 2.81. The molecule has 0 unspecified atom stereocenters. The molecule has 1 N–H and O–H groups in total. The number of aryl methyl sites for hydroxylation is 1. The van der Waals surface area contributed by atoms with Gasteiger partial charge in [-0.15, -0.1) is 0 Å². The van der Waals surface area contributed by atoms with Crippen LogP contribution >= 0.6 is 0 Å². The third-order valence-electron chi connectivity index (χ3n) is 2.77. The number of methoxy groups -OCH3 is 1. The van der Waals surface area contributed by atoms with Crippen LogP contribution in [0.15, 0.2) is 30.5 Å². The average molecular weight is 263 g/mol. The zero-order chi connectivity index (χ0) is 13.8. The molecule has 5 nitrogen and oxygen atoms in total. The van der Waals surface area contributed by atoms with Gasteiger partial charge >= 0.3 is 5.97 Å². The molecule has 1 heterocycles. The van der Waals surface area contributed by atoms with Crippen molar-refractivity contribution >= 4 is 11.7 Å². The van der Waals surface area contributed by atoms with Crippen LogP contribution in [-0.4, -0.2) is 22.9 Å². The molecule has 0 saturated heterocycles. The first kappa shape index (κ1) is 13.1. The van der Waals surface area contributed by atoms with Crippen LogP contribution in [0.25, 0.3) is 0 Å². The van der Waals surface area contributed by atoms with Crippen LogP contribution < -0.4 is 5.32 Å². The molecule has 1 aromatic carbocycles. The summed E-state index contributed by atoms with van der Waals surface area (Å²) in [6.07, 6.45) is 1.67. The van der Waals surface area contributed by atoms with Crippen LogP contribution in [-0.2, 0) is 18.3 Å². The van der Waals surface area contributed by atoms with Crippen molar-refractivity contribution in [1.29, 1.82) is 0 Å². The van der Waals surface area contributed by atoms with Crippen LogP contribution in [0.2, 0.25) is 0 Å². The fourth-order valence-electron chi connectivity index (χ4n) is 1.71. The van der Waals surface area contributed by atoms with Crippen molar-refractivity contribution in [2.45, 2.75) is 6.54 Å². The highest BCUT2D eigenvalue weighted by atomic mass is 19.1. The van der Waals surface area contributed by atoms with E-state index in [0.717, 1.165) is 5.69 Å². The first-order valence-corrected chi connectivity index (χ1v) is 5.70. The van der Waals surface area contributed by atoms with Crippen molar-refractivity contribution in [2.75, 3.05) is 12.4 Å². The van der Waals surface area contributed by atoms with Gasteiger partial charge in [-0.05, 0) is 24.3 Å². The smallest absolute Gasteiger partial charge is 0.339 e. The summed E-state index contributed by atoms with van der Waals surface area (Å²) in [7, 11) is 3.10. The number of benzene rings is 1. The molecule has 2 aromatic rings. The zero-order valence-electron chi connectivity index (χ0n) is 10.7. The number of ether oxygens (including phenoxy) is 1. The first-order valence-electron chi connectivity index (χ1n) is 5.70. The first-order chi connectivity index (χ1) is 9.11. The van der Waals surface area contributed by atoms with Crippen molar-refractivity contribution in [3.05, 3.63) is 47.5 Å². The topological polar surface area (TPSA) is 56.1 Å². The zero-order valence-corrected chi connectivity index (χ0v) is 10.7. The second kappa shape index (κ2) is 5.51. The summed E-state index contributed by atoms with van der Waals surface area (Å²) < 4.78 is 19.6. The molecular formula is C13H14FN3O2. The standard InChI is InChI=1S/C13H14FN3O2/c1-17-10(5-6-16-17)8-15-12-7-9(14)3-4-11(12)13(18)19-2/h3-7,15H,8H2,1-2H3. The maximum absolute atomic E-state index is 13.2. The summed E-state index contributed by atoms with van der Waals surface area (Å²) in [5, 5.41) is 7.04.